The van der Waals surface area contributed by atoms with Gasteiger partial charge in [-0.05, 0) is 44.6 Å². The van der Waals surface area contributed by atoms with Crippen LogP contribution in [-0.4, -0.2) is 34.0 Å². The van der Waals surface area contributed by atoms with Gasteiger partial charge in [-0.1, -0.05) is 6.92 Å². The number of nitrogens with one attached hydrogen (secondary N) is 1. The Morgan fingerprint density at radius 3 is 2.93 bits per heavy atom. The molecule has 1 fully saturated rings. The number of anilines is 2. The monoisotopic (exact) mass is 430 g/mol. The number of thiazole rings is 1. The summed E-state index contributed by atoms with van der Waals surface area (Å²) in [4.78, 5) is 13.2. The highest BCUT2D eigenvalue weighted by Crippen LogP contribution is 2.41. The number of likely N-dealkylation sites (N-methyl/N-ethyl adjacent to an activating group) is 1. The summed E-state index contributed by atoms with van der Waals surface area (Å²) in [6.45, 7) is 6.60. The first kappa shape index (κ1) is 18.8. The highest BCUT2D eigenvalue weighted by molar-refractivity contribution is 7.18. The lowest BCUT2D eigenvalue weighted by atomic mass is 9.99. The normalized spacial score (nSPS) is 20.1. The van der Waals surface area contributed by atoms with E-state index in [4.69, 9.17) is 0 Å². The van der Waals surface area contributed by atoms with Gasteiger partial charge in [-0.15, -0.1) is 22.7 Å². The van der Waals surface area contributed by atoms with E-state index in [0.717, 1.165) is 29.7 Å². The van der Waals surface area contributed by atoms with Crippen molar-refractivity contribution in [2.24, 2.45) is 0 Å². The standard InChI is InChI=1S/C21H20F2N4S2/c1-3-27-7-5-12(11(27)2)16-8-13-15(4-6-24-21(13)29-16)26-19-14(22)9-17-20(18(19)23)25-10-28-17/h4,6,8-12H,3,5,7H2,1-2H3,(H,24,26)/t11-,12+/m0/s1. The molecule has 0 unspecified atom stereocenters. The Morgan fingerprint density at radius 2 is 2.14 bits per heavy atom. The maximum atomic E-state index is 14.9. The predicted molar refractivity (Wildman–Crippen MR) is 117 cm³/mol. The molecule has 29 heavy (non-hydrogen) atoms. The van der Waals surface area contributed by atoms with E-state index in [0.29, 0.717) is 22.3 Å². The molecule has 1 aliphatic heterocycles. The maximum absolute atomic E-state index is 14.9. The number of nitrogens with zero attached hydrogens (tertiary/aromatic N) is 3. The molecule has 4 aromatic rings. The largest absolute Gasteiger partial charge is 0.350 e. The summed E-state index contributed by atoms with van der Waals surface area (Å²) < 4.78 is 29.9. The zero-order valence-electron chi connectivity index (χ0n) is 16.1. The van der Waals surface area contributed by atoms with Crippen LogP contribution in [0.2, 0.25) is 0 Å². The van der Waals surface area contributed by atoms with Crippen LogP contribution in [0.4, 0.5) is 20.2 Å². The quantitative estimate of drug-likeness (QED) is 0.423. The summed E-state index contributed by atoms with van der Waals surface area (Å²) in [6, 6.07) is 5.70. The van der Waals surface area contributed by atoms with E-state index < -0.39 is 11.6 Å². The second-order valence-corrected chi connectivity index (χ2v) is 9.31. The molecular weight excluding hydrogens is 410 g/mol. The van der Waals surface area contributed by atoms with E-state index in [1.54, 1.807) is 23.6 Å². The first-order valence-electron chi connectivity index (χ1n) is 9.67. The Hall–Kier alpha value is -2.16. The van der Waals surface area contributed by atoms with Gasteiger partial charge in [-0.25, -0.2) is 18.7 Å². The third-order valence-electron chi connectivity index (χ3n) is 5.89. The van der Waals surface area contributed by atoms with Gasteiger partial charge < -0.3 is 10.2 Å². The summed E-state index contributed by atoms with van der Waals surface area (Å²) in [5.41, 5.74) is 2.20. The van der Waals surface area contributed by atoms with Crippen molar-refractivity contribution in [3.63, 3.8) is 0 Å². The Bertz CT molecular complexity index is 1200. The number of halogens is 2. The van der Waals surface area contributed by atoms with Crippen LogP contribution < -0.4 is 5.32 Å². The Morgan fingerprint density at radius 1 is 1.28 bits per heavy atom. The lowest BCUT2D eigenvalue weighted by molar-refractivity contribution is 0.274. The Labute approximate surface area is 175 Å². The van der Waals surface area contributed by atoms with E-state index >= 15 is 0 Å². The van der Waals surface area contributed by atoms with E-state index in [9.17, 15) is 8.78 Å². The molecule has 1 N–H and O–H groups in total. The second kappa shape index (κ2) is 7.27. The minimum Gasteiger partial charge on any atom is -0.350 e. The van der Waals surface area contributed by atoms with Gasteiger partial charge in [0.2, 0.25) is 0 Å². The van der Waals surface area contributed by atoms with E-state index in [2.05, 4.69) is 40.1 Å². The first-order chi connectivity index (χ1) is 14.1. The fourth-order valence-electron chi connectivity index (χ4n) is 4.26. The van der Waals surface area contributed by atoms with Gasteiger partial charge in [-0.2, -0.15) is 0 Å². The number of thiophene rings is 1. The van der Waals surface area contributed by atoms with Crippen LogP contribution in [0.15, 0.2) is 29.9 Å². The number of aromatic nitrogens is 2. The highest BCUT2D eigenvalue weighted by atomic mass is 32.1. The Kier molecular flexibility index (Phi) is 4.72. The number of hydrogen-bond donors (Lipinski definition) is 1. The van der Waals surface area contributed by atoms with E-state index in [1.807, 2.05) is 0 Å². The molecule has 0 aliphatic carbocycles. The van der Waals surface area contributed by atoms with Gasteiger partial charge in [0, 0.05) is 28.4 Å². The SMILES string of the molecule is CCN1CC[C@@H](c2cc3c(Nc4c(F)cc5scnc5c4F)ccnc3s2)[C@@H]1C. The first-order valence-corrected chi connectivity index (χ1v) is 11.4. The summed E-state index contributed by atoms with van der Waals surface area (Å²) in [5, 5.41) is 3.87. The summed E-state index contributed by atoms with van der Waals surface area (Å²) in [6.07, 6.45) is 2.80. The number of likely N-dealkylation sites (tertiary alicyclic amines) is 1. The molecule has 150 valence electrons. The fraction of sp³-hybridized carbons (Fsp3) is 0.333. The van der Waals surface area contributed by atoms with Gasteiger partial charge >= 0.3 is 0 Å². The zero-order chi connectivity index (χ0) is 20.1. The van der Waals surface area contributed by atoms with Crippen LogP contribution in [0.1, 0.15) is 31.1 Å². The van der Waals surface area contributed by atoms with Crippen molar-refractivity contribution in [1.82, 2.24) is 14.9 Å². The number of fused-ring (bicyclic) bond motifs is 2. The van der Waals surface area contributed by atoms with Crippen LogP contribution in [-0.2, 0) is 0 Å². The number of benzene rings is 1. The molecule has 2 atom stereocenters. The minimum atomic E-state index is -0.662. The molecule has 8 heteroatoms. The molecule has 5 rings (SSSR count). The van der Waals surface area contributed by atoms with Crippen molar-refractivity contribution in [2.45, 2.75) is 32.2 Å². The zero-order valence-corrected chi connectivity index (χ0v) is 17.7. The molecule has 4 heterocycles. The molecular formula is C21H20F2N4S2. The smallest absolute Gasteiger partial charge is 0.176 e. The third-order valence-corrected chi connectivity index (χ3v) is 7.84. The van der Waals surface area contributed by atoms with Gasteiger partial charge in [0.25, 0.3) is 0 Å². The molecule has 0 spiro atoms. The van der Waals surface area contributed by atoms with Crippen LogP contribution in [0.5, 0.6) is 0 Å². The Balaban J connectivity index is 1.54. The topological polar surface area (TPSA) is 41.0 Å². The number of rotatable bonds is 4. The maximum Gasteiger partial charge on any atom is 0.176 e. The number of hydrogen-bond acceptors (Lipinski definition) is 6. The lowest BCUT2D eigenvalue weighted by Crippen LogP contribution is -2.28. The van der Waals surface area contributed by atoms with E-state index in [-0.39, 0.29) is 11.2 Å². The summed E-state index contributed by atoms with van der Waals surface area (Å²) in [7, 11) is 0. The van der Waals surface area contributed by atoms with Crippen molar-refractivity contribution in [2.75, 3.05) is 18.4 Å². The molecule has 0 amide bonds. The summed E-state index contributed by atoms with van der Waals surface area (Å²) in [5.74, 6) is -0.825. The molecule has 1 aromatic carbocycles. The average molecular weight is 431 g/mol. The second-order valence-electron chi connectivity index (χ2n) is 7.36. The van der Waals surface area contributed by atoms with Crippen molar-refractivity contribution < 1.29 is 8.78 Å². The third kappa shape index (κ3) is 3.10. The van der Waals surface area contributed by atoms with Gasteiger partial charge in [-0.3, -0.25) is 0 Å². The molecule has 0 bridgehead atoms. The van der Waals surface area contributed by atoms with Crippen LogP contribution >= 0.6 is 22.7 Å². The van der Waals surface area contributed by atoms with Crippen molar-refractivity contribution in [3.8, 4) is 0 Å². The van der Waals surface area contributed by atoms with Gasteiger partial charge in [0.1, 0.15) is 16.0 Å². The molecule has 0 saturated carbocycles. The van der Waals surface area contributed by atoms with Crippen LogP contribution in [0, 0.1) is 11.6 Å². The summed E-state index contributed by atoms with van der Waals surface area (Å²) >= 11 is 2.89. The van der Waals surface area contributed by atoms with Gasteiger partial charge in [0.05, 0.1) is 15.9 Å². The predicted octanol–water partition coefficient (Wildman–Crippen LogP) is 6.13. The van der Waals surface area contributed by atoms with Crippen LogP contribution in [0.25, 0.3) is 20.4 Å². The van der Waals surface area contributed by atoms with Crippen molar-refractivity contribution >= 4 is 54.5 Å². The van der Waals surface area contributed by atoms with E-state index in [1.165, 1.54) is 27.8 Å². The molecule has 4 nitrogen and oxygen atoms in total. The molecule has 1 saturated heterocycles. The average Bonchev–Trinajstić information content (AvgIpc) is 3.42. The fourth-order valence-corrected chi connectivity index (χ4v) is 6.22. The van der Waals surface area contributed by atoms with Crippen molar-refractivity contribution in [1.29, 1.82) is 0 Å². The van der Waals surface area contributed by atoms with Gasteiger partial charge in [0.15, 0.2) is 11.6 Å². The van der Waals surface area contributed by atoms with Crippen molar-refractivity contribution in [3.05, 3.63) is 46.4 Å². The van der Waals surface area contributed by atoms with Crippen LogP contribution in [0.3, 0.4) is 0 Å². The molecule has 3 aromatic heterocycles. The minimum absolute atomic E-state index is 0.171. The molecule has 0 radical (unpaired) electrons. The number of pyridine rings is 1. The highest BCUT2D eigenvalue weighted by Gasteiger charge is 2.32. The lowest BCUT2D eigenvalue weighted by Gasteiger charge is -2.22. The molecule has 1 aliphatic rings.